The van der Waals surface area contributed by atoms with Gasteiger partial charge in [-0.2, -0.15) is 0 Å². The summed E-state index contributed by atoms with van der Waals surface area (Å²) in [7, 11) is 0. The van der Waals surface area contributed by atoms with Gasteiger partial charge in [0.05, 0.1) is 0 Å². The molecule has 4 heteroatoms. The Bertz CT molecular complexity index is 181. The lowest BCUT2D eigenvalue weighted by molar-refractivity contribution is -0.139. The summed E-state index contributed by atoms with van der Waals surface area (Å²) in [5.41, 5.74) is 0. The summed E-state index contributed by atoms with van der Waals surface area (Å²) in [5, 5.41) is 15.2. The minimum Gasteiger partial charge on any atom is -0.480 e. The van der Waals surface area contributed by atoms with Crippen LogP contribution in [0.15, 0.2) is 0 Å². The van der Waals surface area contributed by atoms with E-state index in [4.69, 9.17) is 5.11 Å². The van der Waals surface area contributed by atoms with Crippen LogP contribution in [0.2, 0.25) is 0 Å². The van der Waals surface area contributed by atoms with Crippen LogP contribution in [0.25, 0.3) is 0 Å². The molecule has 0 amide bonds. The van der Waals surface area contributed by atoms with Gasteiger partial charge in [0.25, 0.3) is 0 Å². The van der Waals surface area contributed by atoms with Crippen LogP contribution in [0.4, 0.5) is 0 Å². The molecule has 15 heavy (non-hydrogen) atoms. The average molecular weight is 216 g/mol. The standard InChI is InChI=1S/C11H24N2O2/c1-8(2)7-10(11(14)15)13-6-5-12-9(3)4/h8-10,12-13H,5-7H2,1-4H3,(H,14,15)/t10-/m0/s1. The quantitative estimate of drug-likeness (QED) is 0.531. The van der Waals surface area contributed by atoms with Gasteiger partial charge < -0.3 is 15.7 Å². The molecule has 0 aliphatic rings. The predicted molar refractivity (Wildman–Crippen MR) is 62.0 cm³/mol. The Morgan fingerprint density at radius 2 is 1.67 bits per heavy atom. The second-order valence-electron chi connectivity index (χ2n) is 4.58. The second kappa shape index (κ2) is 7.65. The van der Waals surface area contributed by atoms with Crippen LogP contribution in [0.5, 0.6) is 0 Å². The number of nitrogens with one attached hydrogen (secondary N) is 2. The van der Waals surface area contributed by atoms with Gasteiger partial charge in [-0.05, 0) is 12.3 Å². The van der Waals surface area contributed by atoms with Gasteiger partial charge in [-0.15, -0.1) is 0 Å². The second-order valence-corrected chi connectivity index (χ2v) is 4.58. The first-order chi connectivity index (χ1) is 6.93. The van der Waals surface area contributed by atoms with Gasteiger partial charge in [0.2, 0.25) is 0 Å². The number of carboxylic acids is 1. The van der Waals surface area contributed by atoms with Crippen molar-refractivity contribution >= 4 is 5.97 Å². The van der Waals surface area contributed by atoms with Crippen LogP contribution in [0, 0.1) is 5.92 Å². The predicted octanol–water partition coefficient (Wildman–Crippen LogP) is 1.07. The Hall–Kier alpha value is -0.610. The molecule has 0 aromatic rings. The molecule has 0 saturated carbocycles. The molecule has 3 N–H and O–H groups in total. The van der Waals surface area contributed by atoms with E-state index in [1.54, 1.807) is 0 Å². The van der Waals surface area contributed by atoms with Gasteiger partial charge in [0.15, 0.2) is 0 Å². The largest absolute Gasteiger partial charge is 0.480 e. The van der Waals surface area contributed by atoms with Crippen molar-refractivity contribution in [2.24, 2.45) is 5.92 Å². The van der Waals surface area contributed by atoms with Crippen LogP contribution in [0.3, 0.4) is 0 Å². The Morgan fingerprint density at radius 1 is 1.13 bits per heavy atom. The van der Waals surface area contributed by atoms with Gasteiger partial charge in [-0.3, -0.25) is 4.79 Å². The van der Waals surface area contributed by atoms with Crippen molar-refractivity contribution in [3.05, 3.63) is 0 Å². The lowest BCUT2D eigenvalue weighted by Gasteiger charge is -2.17. The number of carboxylic acid groups (broad SMARTS) is 1. The summed E-state index contributed by atoms with van der Waals surface area (Å²) in [4.78, 5) is 10.9. The molecule has 0 heterocycles. The van der Waals surface area contributed by atoms with Crippen LogP contribution in [-0.4, -0.2) is 36.2 Å². The Balaban J connectivity index is 3.72. The normalized spacial score (nSPS) is 13.5. The molecule has 0 rings (SSSR count). The average Bonchev–Trinajstić information content (AvgIpc) is 2.08. The van der Waals surface area contributed by atoms with Gasteiger partial charge in [0, 0.05) is 19.1 Å². The Morgan fingerprint density at radius 3 is 2.07 bits per heavy atom. The van der Waals surface area contributed by atoms with E-state index in [1.807, 2.05) is 13.8 Å². The molecule has 0 fully saturated rings. The van der Waals surface area contributed by atoms with Crippen molar-refractivity contribution in [3.8, 4) is 0 Å². The molecule has 0 aliphatic heterocycles. The molecular weight excluding hydrogens is 192 g/mol. The third-order valence-corrected chi connectivity index (χ3v) is 2.07. The van der Waals surface area contributed by atoms with Crippen LogP contribution in [-0.2, 0) is 4.79 Å². The summed E-state index contributed by atoms with van der Waals surface area (Å²) in [6.45, 7) is 9.71. The highest BCUT2D eigenvalue weighted by Crippen LogP contribution is 2.04. The zero-order valence-corrected chi connectivity index (χ0v) is 10.2. The smallest absolute Gasteiger partial charge is 0.320 e. The maximum absolute atomic E-state index is 10.9. The SMILES string of the molecule is CC(C)C[C@H](NCCNC(C)C)C(=O)O. The molecule has 0 aliphatic carbocycles. The van der Waals surface area contributed by atoms with E-state index >= 15 is 0 Å². The van der Waals surface area contributed by atoms with Gasteiger partial charge in [-0.25, -0.2) is 0 Å². The minimum atomic E-state index is -0.756. The van der Waals surface area contributed by atoms with Crippen molar-refractivity contribution in [3.63, 3.8) is 0 Å². The number of carbonyl (C=O) groups is 1. The molecule has 4 nitrogen and oxygen atoms in total. The highest BCUT2D eigenvalue weighted by Gasteiger charge is 2.17. The molecule has 0 saturated heterocycles. The van der Waals surface area contributed by atoms with Gasteiger partial charge >= 0.3 is 5.97 Å². The fourth-order valence-corrected chi connectivity index (χ4v) is 1.35. The Kier molecular flexibility index (Phi) is 7.34. The summed E-state index contributed by atoms with van der Waals surface area (Å²) >= 11 is 0. The zero-order chi connectivity index (χ0) is 11.8. The molecule has 0 spiro atoms. The molecule has 0 radical (unpaired) electrons. The zero-order valence-electron chi connectivity index (χ0n) is 10.2. The van der Waals surface area contributed by atoms with Crippen LogP contribution < -0.4 is 10.6 Å². The molecule has 0 aromatic heterocycles. The highest BCUT2D eigenvalue weighted by atomic mass is 16.4. The molecule has 0 unspecified atom stereocenters. The van der Waals surface area contributed by atoms with E-state index in [2.05, 4.69) is 24.5 Å². The Labute approximate surface area is 92.4 Å². The maximum Gasteiger partial charge on any atom is 0.320 e. The van der Waals surface area contributed by atoms with Crippen molar-refractivity contribution in [2.45, 2.75) is 46.2 Å². The van der Waals surface area contributed by atoms with E-state index in [1.165, 1.54) is 0 Å². The van der Waals surface area contributed by atoms with E-state index in [0.29, 0.717) is 24.9 Å². The van der Waals surface area contributed by atoms with E-state index in [9.17, 15) is 4.79 Å². The van der Waals surface area contributed by atoms with Crippen LogP contribution >= 0.6 is 0 Å². The molecule has 0 bridgehead atoms. The maximum atomic E-state index is 10.9. The molecular formula is C11H24N2O2. The summed E-state index contributed by atoms with van der Waals surface area (Å²) in [6.07, 6.45) is 0.678. The third-order valence-electron chi connectivity index (χ3n) is 2.07. The lowest BCUT2D eigenvalue weighted by atomic mass is 10.0. The first kappa shape index (κ1) is 14.4. The van der Waals surface area contributed by atoms with E-state index in [0.717, 1.165) is 6.54 Å². The fraction of sp³-hybridized carbons (Fsp3) is 0.909. The summed E-state index contributed by atoms with van der Waals surface area (Å²) in [6, 6.07) is 0.0270. The molecule has 90 valence electrons. The van der Waals surface area contributed by atoms with Gasteiger partial charge in [0.1, 0.15) is 6.04 Å². The van der Waals surface area contributed by atoms with E-state index in [-0.39, 0.29) is 0 Å². The number of aliphatic carboxylic acids is 1. The first-order valence-corrected chi connectivity index (χ1v) is 5.63. The van der Waals surface area contributed by atoms with Gasteiger partial charge in [-0.1, -0.05) is 27.7 Å². The summed E-state index contributed by atoms with van der Waals surface area (Å²) < 4.78 is 0. The van der Waals surface area contributed by atoms with Crippen molar-refractivity contribution in [2.75, 3.05) is 13.1 Å². The van der Waals surface area contributed by atoms with Crippen LogP contribution in [0.1, 0.15) is 34.1 Å². The topological polar surface area (TPSA) is 61.4 Å². The molecule has 1 atom stereocenters. The van der Waals surface area contributed by atoms with E-state index < -0.39 is 12.0 Å². The minimum absolute atomic E-state index is 0.400. The summed E-state index contributed by atoms with van der Waals surface area (Å²) in [5.74, 6) is -0.357. The number of hydrogen-bond donors (Lipinski definition) is 3. The first-order valence-electron chi connectivity index (χ1n) is 5.63. The lowest BCUT2D eigenvalue weighted by Crippen LogP contribution is -2.42. The van der Waals surface area contributed by atoms with Crippen molar-refractivity contribution in [1.29, 1.82) is 0 Å². The fourth-order valence-electron chi connectivity index (χ4n) is 1.35. The number of hydrogen-bond acceptors (Lipinski definition) is 3. The van der Waals surface area contributed by atoms with Crippen molar-refractivity contribution in [1.82, 2.24) is 10.6 Å². The van der Waals surface area contributed by atoms with Crippen molar-refractivity contribution < 1.29 is 9.90 Å². The highest BCUT2D eigenvalue weighted by molar-refractivity contribution is 5.73. The monoisotopic (exact) mass is 216 g/mol. The molecule has 0 aromatic carbocycles. The third kappa shape index (κ3) is 8.39. The number of rotatable bonds is 8.